The van der Waals surface area contributed by atoms with Gasteiger partial charge < -0.3 is 4.57 Å². The molecule has 2 aromatic heterocycles. The van der Waals surface area contributed by atoms with E-state index in [1.165, 1.54) is 10.2 Å². The Morgan fingerprint density at radius 1 is 1.50 bits per heavy atom. The van der Waals surface area contributed by atoms with Crippen molar-refractivity contribution in [1.29, 1.82) is 0 Å². The van der Waals surface area contributed by atoms with Gasteiger partial charge in [-0.3, -0.25) is 0 Å². The molecule has 0 bridgehead atoms. The molecule has 2 aromatic rings. The van der Waals surface area contributed by atoms with E-state index >= 15 is 0 Å². The molecule has 2 rings (SSSR count). The number of fused-ring (bicyclic) bond motifs is 1. The minimum absolute atomic E-state index is 1.07. The van der Waals surface area contributed by atoms with Crippen LogP contribution in [0, 0.1) is 0 Å². The van der Waals surface area contributed by atoms with E-state index in [0.29, 0.717) is 0 Å². The fourth-order valence-corrected chi connectivity index (χ4v) is 2.10. The topological polar surface area (TPSA) is 4.93 Å². The minimum Gasteiger partial charge on any atom is -0.340 e. The predicted molar refractivity (Wildman–Crippen MR) is 45.5 cm³/mol. The predicted octanol–water partition coefficient (Wildman–Crippen LogP) is 2.72. The summed E-state index contributed by atoms with van der Waals surface area (Å²) in [6, 6.07) is 4.32. The van der Waals surface area contributed by atoms with Gasteiger partial charge >= 0.3 is 0 Å². The van der Waals surface area contributed by atoms with E-state index in [0.717, 1.165) is 6.54 Å². The molecule has 0 atom stereocenters. The molecule has 0 amide bonds. The maximum absolute atomic E-state index is 2.26. The largest absolute Gasteiger partial charge is 0.340 e. The summed E-state index contributed by atoms with van der Waals surface area (Å²) >= 11 is 1.81. The molecule has 10 heavy (non-hydrogen) atoms. The number of nitrogens with zero attached hydrogens (tertiary/aromatic N) is 1. The Kier molecular flexibility index (Phi) is 1.27. The van der Waals surface area contributed by atoms with E-state index in [9.17, 15) is 0 Å². The van der Waals surface area contributed by atoms with Crippen molar-refractivity contribution in [2.24, 2.45) is 0 Å². The molecular weight excluding hydrogens is 142 g/mol. The van der Waals surface area contributed by atoms with E-state index in [1.807, 2.05) is 11.3 Å². The molecule has 1 nitrogen and oxygen atoms in total. The SMILES string of the molecule is CCn1ccc2ccsc21. The Hall–Kier alpha value is -0.760. The zero-order valence-electron chi connectivity index (χ0n) is 5.87. The van der Waals surface area contributed by atoms with Crippen LogP contribution in [0.15, 0.2) is 23.7 Å². The summed E-state index contributed by atoms with van der Waals surface area (Å²) in [5.74, 6) is 0. The third-order valence-corrected chi connectivity index (χ3v) is 2.68. The summed E-state index contributed by atoms with van der Waals surface area (Å²) in [5, 5.41) is 3.50. The monoisotopic (exact) mass is 151 g/mol. The summed E-state index contributed by atoms with van der Waals surface area (Å²) < 4.78 is 2.26. The van der Waals surface area contributed by atoms with Gasteiger partial charge in [0.15, 0.2) is 0 Å². The van der Waals surface area contributed by atoms with E-state index in [-0.39, 0.29) is 0 Å². The van der Waals surface area contributed by atoms with Gasteiger partial charge in [-0.2, -0.15) is 0 Å². The number of hydrogen-bond donors (Lipinski definition) is 0. The second kappa shape index (κ2) is 2.13. The smallest absolute Gasteiger partial charge is 0.102 e. The molecule has 0 aliphatic carbocycles. The molecule has 52 valence electrons. The first-order valence-corrected chi connectivity index (χ1v) is 4.32. The van der Waals surface area contributed by atoms with Crippen molar-refractivity contribution >= 4 is 21.6 Å². The molecule has 0 unspecified atom stereocenters. The van der Waals surface area contributed by atoms with Gasteiger partial charge in [-0.05, 0) is 24.4 Å². The van der Waals surface area contributed by atoms with Gasteiger partial charge in [0.2, 0.25) is 0 Å². The standard InChI is InChI=1S/C8H9NS/c1-2-9-5-3-7-4-6-10-8(7)9/h3-6H,2H2,1H3. The van der Waals surface area contributed by atoms with Crippen LogP contribution in [0.4, 0.5) is 0 Å². The van der Waals surface area contributed by atoms with Crippen molar-refractivity contribution in [3.05, 3.63) is 23.7 Å². The third-order valence-electron chi connectivity index (χ3n) is 1.71. The highest BCUT2D eigenvalue weighted by molar-refractivity contribution is 7.16. The number of hydrogen-bond acceptors (Lipinski definition) is 1. The second-order valence-corrected chi connectivity index (χ2v) is 3.18. The van der Waals surface area contributed by atoms with Crippen LogP contribution in [0.1, 0.15) is 6.92 Å². The van der Waals surface area contributed by atoms with Crippen LogP contribution in [0.2, 0.25) is 0 Å². The van der Waals surface area contributed by atoms with Crippen LogP contribution in [0.3, 0.4) is 0 Å². The number of aryl methyl sites for hydroxylation is 1. The molecule has 0 aliphatic rings. The minimum atomic E-state index is 1.07. The lowest BCUT2D eigenvalue weighted by Gasteiger charge is -1.94. The average Bonchev–Trinajstić information content (AvgIpc) is 2.44. The molecule has 0 saturated carbocycles. The molecule has 0 saturated heterocycles. The number of rotatable bonds is 1. The van der Waals surface area contributed by atoms with Gasteiger partial charge in [0.05, 0.1) is 0 Å². The highest BCUT2D eigenvalue weighted by atomic mass is 32.1. The van der Waals surface area contributed by atoms with Gasteiger partial charge in [0.1, 0.15) is 4.83 Å². The van der Waals surface area contributed by atoms with Gasteiger partial charge in [0, 0.05) is 18.1 Å². The first-order valence-electron chi connectivity index (χ1n) is 3.44. The fourth-order valence-electron chi connectivity index (χ4n) is 1.16. The molecular formula is C8H9NS. The zero-order valence-corrected chi connectivity index (χ0v) is 6.69. The normalized spacial score (nSPS) is 10.9. The Morgan fingerprint density at radius 2 is 2.40 bits per heavy atom. The zero-order chi connectivity index (χ0) is 6.97. The average molecular weight is 151 g/mol. The van der Waals surface area contributed by atoms with Crippen molar-refractivity contribution < 1.29 is 0 Å². The molecule has 0 radical (unpaired) electrons. The van der Waals surface area contributed by atoms with Gasteiger partial charge in [-0.15, -0.1) is 11.3 Å². The molecule has 0 aromatic carbocycles. The van der Waals surface area contributed by atoms with E-state index in [1.54, 1.807) is 0 Å². The summed E-state index contributed by atoms with van der Waals surface area (Å²) in [4.78, 5) is 1.39. The maximum atomic E-state index is 2.26. The number of aromatic nitrogens is 1. The molecule has 2 heterocycles. The molecule has 0 N–H and O–H groups in total. The molecule has 0 spiro atoms. The fraction of sp³-hybridized carbons (Fsp3) is 0.250. The van der Waals surface area contributed by atoms with Crippen LogP contribution in [0.25, 0.3) is 10.2 Å². The van der Waals surface area contributed by atoms with Crippen LogP contribution < -0.4 is 0 Å². The summed E-state index contributed by atoms with van der Waals surface area (Å²) in [5.41, 5.74) is 0. The molecule has 2 heteroatoms. The first kappa shape index (κ1) is 5.98. The first-order chi connectivity index (χ1) is 4.92. The van der Waals surface area contributed by atoms with Crippen molar-refractivity contribution in [3.8, 4) is 0 Å². The lowest BCUT2D eigenvalue weighted by molar-refractivity contribution is 0.803. The highest BCUT2D eigenvalue weighted by Gasteiger charge is 1.97. The Labute approximate surface area is 63.9 Å². The number of thiophene rings is 1. The van der Waals surface area contributed by atoms with E-state index < -0.39 is 0 Å². The van der Waals surface area contributed by atoms with Crippen LogP contribution in [-0.4, -0.2) is 4.57 Å². The summed E-state index contributed by atoms with van der Waals surface area (Å²) in [6.07, 6.45) is 2.14. The quantitative estimate of drug-likeness (QED) is 0.590. The molecule has 0 fully saturated rings. The van der Waals surface area contributed by atoms with Crippen molar-refractivity contribution in [2.45, 2.75) is 13.5 Å². The second-order valence-electron chi connectivity index (χ2n) is 2.28. The maximum Gasteiger partial charge on any atom is 0.102 e. The van der Waals surface area contributed by atoms with Gasteiger partial charge in [-0.25, -0.2) is 0 Å². The summed E-state index contributed by atoms with van der Waals surface area (Å²) in [6.45, 7) is 3.24. The van der Waals surface area contributed by atoms with Crippen LogP contribution >= 0.6 is 11.3 Å². The van der Waals surface area contributed by atoms with Gasteiger partial charge in [0.25, 0.3) is 0 Å². The van der Waals surface area contributed by atoms with Crippen LogP contribution in [0.5, 0.6) is 0 Å². The van der Waals surface area contributed by atoms with Crippen molar-refractivity contribution in [2.75, 3.05) is 0 Å². The van der Waals surface area contributed by atoms with Crippen molar-refractivity contribution in [3.63, 3.8) is 0 Å². The molecule has 0 aliphatic heterocycles. The Balaban J connectivity index is 2.76. The van der Waals surface area contributed by atoms with E-state index in [4.69, 9.17) is 0 Å². The summed E-state index contributed by atoms with van der Waals surface area (Å²) in [7, 11) is 0. The Bertz CT molecular complexity index is 332. The van der Waals surface area contributed by atoms with Crippen LogP contribution in [-0.2, 0) is 6.54 Å². The van der Waals surface area contributed by atoms with Gasteiger partial charge in [-0.1, -0.05) is 0 Å². The Morgan fingerprint density at radius 3 is 3.20 bits per heavy atom. The highest BCUT2D eigenvalue weighted by Crippen LogP contribution is 2.21. The lowest BCUT2D eigenvalue weighted by Crippen LogP contribution is -1.87. The van der Waals surface area contributed by atoms with E-state index in [2.05, 4.69) is 35.2 Å². The third kappa shape index (κ3) is 0.688. The lowest BCUT2D eigenvalue weighted by atomic mass is 10.4. The van der Waals surface area contributed by atoms with Crippen molar-refractivity contribution in [1.82, 2.24) is 4.57 Å².